The Morgan fingerprint density at radius 2 is 1.91 bits per heavy atom. The van der Waals surface area contributed by atoms with E-state index in [0.29, 0.717) is 63.8 Å². The monoisotopic (exact) mass is 485 g/mol. The lowest BCUT2D eigenvalue weighted by atomic mass is 9.71. The lowest BCUT2D eigenvalue weighted by Crippen LogP contribution is -2.45. The van der Waals surface area contributed by atoms with Gasteiger partial charge in [0.1, 0.15) is 0 Å². The molecular formula is C23H30F3N3O3S. The highest BCUT2D eigenvalue weighted by atomic mass is 32.2. The van der Waals surface area contributed by atoms with Gasteiger partial charge in [0.05, 0.1) is 29.6 Å². The van der Waals surface area contributed by atoms with Gasteiger partial charge in [-0.1, -0.05) is 0 Å². The summed E-state index contributed by atoms with van der Waals surface area (Å²) < 4.78 is 72.9. The summed E-state index contributed by atoms with van der Waals surface area (Å²) >= 11 is 0. The molecule has 2 saturated heterocycles. The maximum absolute atomic E-state index is 13.4. The SMILES string of the molecule is CCS(=O)(=O)N1CC(COCC2CC2)C2(CCN(c3ccc(C#N)c(C(F)(F)F)c3)CC2)C1. The molecule has 0 radical (unpaired) electrons. The Bertz CT molecular complexity index is 1010. The number of anilines is 1. The fourth-order valence-corrected chi connectivity index (χ4v) is 6.33. The Hall–Kier alpha value is -1.83. The highest BCUT2D eigenvalue weighted by Gasteiger charge is 2.50. The number of alkyl halides is 3. The predicted octanol–water partition coefficient (Wildman–Crippen LogP) is 3.87. The number of nitriles is 1. The van der Waals surface area contributed by atoms with Crippen LogP contribution < -0.4 is 4.90 Å². The molecule has 0 bridgehead atoms. The zero-order valence-electron chi connectivity index (χ0n) is 18.8. The van der Waals surface area contributed by atoms with Crippen molar-refractivity contribution in [3.63, 3.8) is 0 Å². The molecule has 182 valence electrons. The first-order valence-electron chi connectivity index (χ1n) is 11.5. The van der Waals surface area contributed by atoms with E-state index < -0.39 is 21.8 Å². The van der Waals surface area contributed by atoms with Crippen molar-refractivity contribution in [1.29, 1.82) is 5.26 Å². The molecule has 1 spiro atoms. The Morgan fingerprint density at radius 3 is 2.48 bits per heavy atom. The molecule has 1 atom stereocenters. The van der Waals surface area contributed by atoms with Crippen LogP contribution in [0.3, 0.4) is 0 Å². The molecular weight excluding hydrogens is 455 g/mol. The molecule has 10 heteroatoms. The van der Waals surface area contributed by atoms with Crippen LogP contribution in [0.4, 0.5) is 18.9 Å². The third kappa shape index (κ3) is 5.15. The number of nitrogens with zero attached hydrogens (tertiary/aromatic N) is 3. The van der Waals surface area contributed by atoms with Gasteiger partial charge >= 0.3 is 6.18 Å². The van der Waals surface area contributed by atoms with Crippen LogP contribution >= 0.6 is 0 Å². The number of rotatable bonds is 7. The van der Waals surface area contributed by atoms with Crippen LogP contribution in [0, 0.1) is 28.6 Å². The number of hydrogen-bond acceptors (Lipinski definition) is 5. The van der Waals surface area contributed by atoms with E-state index in [1.807, 2.05) is 4.90 Å². The van der Waals surface area contributed by atoms with Gasteiger partial charge in [-0.25, -0.2) is 12.7 Å². The van der Waals surface area contributed by atoms with Crippen LogP contribution in [-0.2, 0) is 20.9 Å². The quantitative estimate of drug-likeness (QED) is 0.586. The van der Waals surface area contributed by atoms with E-state index in [1.165, 1.54) is 18.9 Å². The number of sulfonamides is 1. The van der Waals surface area contributed by atoms with Gasteiger partial charge in [-0.3, -0.25) is 0 Å². The molecule has 1 aliphatic carbocycles. The van der Waals surface area contributed by atoms with Gasteiger partial charge in [0.15, 0.2) is 0 Å². The molecule has 4 rings (SSSR count). The molecule has 3 aliphatic rings. The Morgan fingerprint density at radius 1 is 1.21 bits per heavy atom. The number of hydrogen-bond donors (Lipinski definition) is 0. The first kappa shape index (κ1) is 24.3. The predicted molar refractivity (Wildman–Crippen MR) is 118 cm³/mol. The molecule has 1 aromatic rings. The zero-order chi connectivity index (χ0) is 23.9. The minimum atomic E-state index is -4.59. The van der Waals surface area contributed by atoms with Gasteiger partial charge in [-0.2, -0.15) is 18.4 Å². The van der Waals surface area contributed by atoms with E-state index in [4.69, 9.17) is 10.00 Å². The molecule has 33 heavy (non-hydrogen) atoms. The van der Waals surface area contributed by atoms with Crippen molar-refractivity contribution in [1.82, 2.24) is 4.31 Å². The van der Waals surface area contributed by atoms with Crippen LogP contribution in [0.25, 0.3) is 0 Å². The third-order valence-electron chi connectivity index (χ3n) is 7.46. The summed E-state index contributed by atoms with van der Waals surface area (Å²) in [6, 6.07) is 5.45. The molecule has 2 aliphatic heterocycles. The summed E-state index contributed by atoms with van der Waals surface area (Å²) in [6.07, 6.45) is -0.858. The van der Waals surface area contributed by atoms with E-state index in [2.05, 4.69) is 0 Å². The Balaban J connectivity index is 1.50. The van der Waals surface area contributed by atoms with Crippen LogP contribution in [0.15, 0.2) is 18.2 Å². The van der Waals surface area contributed by atoms with Gasteiger partial charge in [0.25, 0.3) is 0 Å². The van der Waals surface area contributed by atoms with Crippen LogP contribution in [0.2, 0.25) is 0 Å². The van der Waals surface area contributed by atoms with Crippen molar-refractivity contribution in [2.75, 3.05) is 50.0 Å². The minimum Gasteiger partial charge on any atom is -0.381 e. The number of benzene rings is 1. The van der Waals surface area contributed by atoms with Crippen molar-refractivity contribution in [3.05, 3.63) is 29.3 Å². The molecule has 1 aromatic carbocycles. The fraction of sp³-hybridized carbons (Fsp3) is 0.696. The third-order valence-corrected chi connectivity index (χ3v) is 9.26. The molecule has 0 N–H and O–H groups in total. The largest absolute Gasteiger partial charge is 0.417 e. The lowest BCUT2D eigenvalue weighted by Gasteiger charge is -2.43. The topological polar surface area (TPSA) is 73.6 Å². The van der Waals surface area contributed by atoms with Crippen LogP contribution in [0.1, 0.15) is 43.7 Å². The van der Waals surface area contributed by atoms with E-state index in [-0.39, 0.29) is 22.6 Å². The highest BCUT2D eigenvalue weighted by Crippen LogP contribution is 2.47. The van der Waals surface area contributed by atoms with Crippen molar-refractivity contribution in [2.24, 2.45) is 17.3 Å². The van der Waals surface area contributed by atoms with Crippen LogP contribution in [-0.4, -0.2) is 57.9 Å². The second kappa shape index (κ2) is 9.08. The molecule has 0 amide bonds. The lowest BCUT2D eigenvalue weighted by molar-refractivity contribution is -0.137. The van der Waals surface area contributed by atoms with Gasteiger partial charge < -0.3 is 9.64 Å². The highest BCUT2D eigenvalue weighted by molar-refractivity contribution is 7.89. The molecule has 3 fully saturated rings. The van der Waals surface area contributed by atoms with Crippen molar-refractivity contribution >= 4 is 15.7 Å². The average molecular weight is 486 g/mol. The average Bonchev–Trinajstić information content (AvgIpc) is 3.55. The van der Waals surface area contributed by atoms with Gasteiger partial charge in [-0.15, -0.1) is 0 Å². The second-order valence-electron chi connectivity index (χ2n) is 9.56. The van der Waals surface area contributed by atoms with Crippen molar-refractivity contribution in [3.8, 4) is 6.07 Å². The maximum Gasteiger partial charge on any atom is 0.417 e. The standard InChI is InChI=1S/C23H30F3N3O3S/c1-2-33(30,31)29-13-19(15-32-14-17-3-4-17)22(16-29)7-9-28(10-8-22)20-6-5-18(12-27)21(11-20)23(24,25)26/h5-6,11,17,19H,2-4,7-10,13-16H2,1H3. The number of ether oxygens (including phenoxy) is 1. The summed E-state index contributed by atoms with van der Waals surface area (Å²) in [4.78, 5) is 1.90. The molecule has 1 unspecified atom stereocenters. The minimum absolute atomic E-state index is 0.0519. The summed E-state index contributed by atoms with van der Waals surface area (Å²) in [5.41, 5.74) is -1.10. The molecule has 0 aromatic heterocycles. The van der Waals surface area contributed by atoms with Crippen LogP contribution in [0.5, 0.6) is 0 Å². The Kier molecular flexibility index (Phi) is 6.69. The van der Waals surface area contributed by atoms with E-state index >= 15 is 0 Å². The van der Waals surface area contributed by atoms with Gasteiger partial charge in [0, 0.05) is 44.4 Å². The second-order valence-corrected chi connectivity index (χ2v) is 11.8. The van der Waals surface area contributed by atoms with Crippen molar-refractivity contribution in [2.45, 2.75) is 38.8 Å². The fourth-order valence-electron chi connectivity index (χ4n) is 5.11. The van der Waals surface area contributed by atoms with Gasteiger partial charge in [0.2, 0.25) is 10.0 Å². The zero-order valence-corrected chi connectivity index (χ0v) is 19.6. The smallest absolute Gasteiger partial charge is 0.381 e. The summed E-state index contributed by atoms with van der Waals surface area (Å²) in [7, 11) is -3.32. The summed E-state index contributed by atoms with van der Waals surface area (Å²) in [5, 5.41) is 9.04. The number of piperidine rings is 1. The van der Waals surface area contributed by atoms with E-state index in [1.54, 1.807) is 23.4 Å². The normalized spacial score (nSPS) is 23.7. The van der Waals surface area contributed by atoms with E-state index in [9.17, 15) is 21.6 Å². The first-order chi connectivity index (χ1) is 15.6. The van der Waals surface area contributed by atoms with E-state index in [0.717, 1.165) is 6.07 Å². The van der Waals surface area contributed by atoms with Gasteiger partial charge in [-0.05, 0) is 62.1 Å². The first-order valence-corrected chi connectivity index (χ1v) is 13.1. The molecule has 2 heterocycles. The molecule has 6 nitrogen and oxygen atoms in total. The maximum atomic E-state index is 13.4. The Labute approximate surface area is 193 Å². The van der Waals surface area contributed by atoms with Crippen molar-refractivity contribution < 1.29 is 26.3 Å². The summed E-state index contributed by atoms with van der Waals surface area (Å²) in [6.45, 7) is 4.81. The number of halogens is 3. The molecule has 1 saturated carbocycles. The summed E-state index contributed by atoms with van der Waals surface area (Å²) in [5.74, 6) is 0.751.